The highest BCUT2D eigenvalue weighted by Crippen LogP contribution is 2.32. The summed E-state index contributed by atoms with van der Waals surface area (Å²) in [5.41, 5.74) is 2.24. The van der Waals surface area contributed by atoms with Crippen LogP contribution in [0.2, 0.25) is 0 Å². The van der Waals surface area contributed by atoms with Gasteiger partial charge in [-0.05, 0) is 31.2 Å². The van der Waals surface area contributed by atoms with E-state index in [4.69, 9.17) is 0 Å². The molecule has 23 heavy (non-hydrogen) atoms. The van der Waals surface area contributed by atoms with Gasteiger partial charge in [0.1, 0.15) is 6.04 Å². The van der Waals surface area contributed by atoms with Crippen molar-refractivity contribution in [2.75, 3.05) is 0 Å². The Hall–Kier alpha value is -2.63. The topological polar surface area (TPSA) is 84.2 Å². The zero-order valence-corrected chi connectivity index (χ0v) is 12.9. The van der Waals surface area contributed by atoms with Gasteiger partial charge in [-0.25, -0.2) is 4.79 Å². The predicted octanol–water partition coefficient (Wildman–Crippen LogP) is 1.83. The lowest BCUT2D eigenvalue weighted by Crippen LogP contribution is -2.42. The van der Waals surface area contributed by atoms with Crippen LogP contribution in [-0.2, 0) is 11.3 Å². The van der Waals surface area contributed by atoms with Crippen molar-refractivity contribution in [1.29, 1.82) is 0 Å². The van der Waals surface area contributed by atoms with Gasteiger partial charge in [0.15, 0.2) is 0 Å². The fraction of sp³-hybridized carbons (Fsp3) is 0.353. The van der Waals surface area contributed by atoms with Crippen molar-refractivity contribution < 1.29 is 14.7 Å². The predicted molar refractivity (Wildman–Crippen MR) is 84.1 cm³/mol. The minimum absolute atomic E-state index is 0.0520. The number of hydrogen-bond donors (Lipinski definition) is 2. The largest absolute Gasteiger partial charge is 0.480 e. The molecular weight excluding hydrogens is 294 g/mol. The summed E-state index contributed by atoms with van der Waals surface area (Å²) in [6, 6.07) is 9.04. The molecule has 1 amide bonds. The van der Waals surface area contributed by atoms with Crippen molar-refractivity contribution in [3.8, 4) is 0 Å². The molecule has 1 aliphatic rings. The molecular formula is C17H19N3O3. The van der Waals surface area contributed by atoms with Crippen LogP contribution in [0.25, 0.3) is 0 Å². The van der Waals surface area contributed by atoms with Crippen LogP contribution in [0.5, 0.6) is 0 Å². The average molecular weight is 313 g/mol. The van der Waals surface area contributed by atoms with Crippen molar-refractivity contribution in [3.05, 3.63) is 53.3 Å². The molecule has 0 spiro atoms. The molecule has 0 radical (unpaired) electrons. The number of carboxylic acid groups (broad SMARTS) is 1. The Bertz CT molecular complexity index is 720. The number of carbonyl (C=O) groups is 2. The molecule has 2 aromatic rings. The van der Waals surface area contributed by atoms with Gasteiger partial charge in [0.25, 0.3) is 5.91 Å². The number of amides is 1. The molecule has 3 rings (SSSR count). The van der Waals surface area contributed by atoms with Gasteiger partial charge in [0.05, 0.1) is 18.3 Å². The first kappa shape index (κ1) is 15.3. The Morgan fingerprint density at radius 1 is 1.35 bits per heavy atom. The second-order valence-electron chi connectivity index (χ2n) is 5.91. The fourth-order valence-corrected chi connectivity index (χ4v) is 2.61. The summed E-state index contributed by atoms with van der Waals surface area (Å²) in [6.45, 7) is 2.39. The van der Waals surface area contributed by atoms with Crippen molar-refractivity contribution in [2.24, 2.45) is 5.92 Å². The number of carbonyl (C=O) groups excluding carboxylic acids is 1. The second-order valence-corrected chi connectivity index (χ2v) is 5.91. The van der Waals surface area contributed by atoms with E-state index in [1.54, 1.807) is 4.68 Å². The number of carboxylic acids is 1. The van der Waals surface area contributed by atoms with Gasteiger partial charge < -0.3 is 10.4 Å². The fourth-order valence-electron chi connectivity index (χ4n) is 2.61. The summed E-state index contributed by atoms with van der Waals surface area (Å²) in [6.07, 6.45) is 3.20. The molecule has 1 aromatic carbocycles. The normalized spacial score (nSPS) is 15.2. The lowest BCUT2D eigenvalue weighted by Gasteiger charge is -2.13. The zero-order valence-electron chi connectivity index (χ0n) is 12.9. The van der Waals surface area contributed by atoms with Crippen molar-refractivity contribution >= 4 is 11.9 Å². The summed E-state index contributed by atoms with van der Waals surface area (Å²) >= 11 is 0. The highest BCUT2D eigenvalue weighted by atomic mass is 16.4. The third kappa shape index (κ3) is 3.41. The Morgan fingerprint density at radius 2 is 2.04 bits per heavy atom. The van der Waals surface area contributed by atoms with E-state index in [2.05, 4.69) is 10.4 Å². The highest BCUT2D eigenvalue weighted by Gasteiger charge is 2.37. The summed E-state index contributed by atoms with van der Waals surface area (Å²) < 4.78 is 1.75. The van der Waals surface area contributed by atoms with Gasteiger partial charge in [0.2, 0.25) is 0 Å². The van der Waals surface area contributed by atoms with Gasteiger partial charge in [-0.2, -0.15) is 5.10 Å². The van der Waals surface area contributed by atoms with Crippen LogP contribution in [0.15, 0.2) is 36.5 Å². The van der Waals surface area contributed by atoms with Crippen LogP contribution in [0.4, 0.5) is 0 Å². The average Bonchev–Trinajstić information content (AvgIpc) is 3.31. The van der Waals surface area contributed by atoms with Crippen LogP contribution < -0.4 is 5.32 Å². The number of nitrogens with one attached hydrogen (secondary N) is 1. The lowest BCUT2D eigenvalue weighted by atomic mass is 10.1. The van der Waals surface area contributed by atoms with Crippen LogP contribution >= 0.6 is 0 Å². The molecule has 1 saturated carbocycles. The Balaban J connectivity index is 1.73. The maximum atomic E-state index is 12.4. The van der Waals surface area contributed by atoms with E-state index in [0.29, 0.717) is 12.1 Å². The Kier molecular flexibility index (Phi) is 4.14. The van der Waals surface area contributed by atoms with E-state index in [-0.39, 0.29) is 11.8 Å². The van der Waals surface area contributed by atoms with E-state index in [9.17, 15) is 14.7 Å². The summed E-state index contributed by atoms with van der Waals surface area (Å²) in [7, 11) is 0. The van der Waals surface area contributed by atoms with E-state index >= 15 is 0 Å². The lowest BCUT2D eigenvalue weighted by molar-refractivity contribution is -0.139. The molecule has 1 fully saturated rings. The first-order valence-corrected chi connectivity index (χ1v) is 7.66. The molecule has 120 valence electrons. The molecule has 0 bridgehead atoms. The highest BCUT2D eigenvalue weighted by molar-refractivity contribution is 5.97. The molecule has 0 aliphatic heterocycles. The number of nitrogens with zero attached hydrogens (tertiary/aromatic N) is 2. The van der Waals surface area contributed by atoms with Crippen LogP contribution in [0, 0.1) is 12.8 Å². The van der Waals surface area contributed by atoms with Gasteiger partial charge in [-0.3, -0.25) is 9.48 Å². The van der Waals surface area contributed by atoms with E-state index in [1.165, 1.54) is 6.20 Å². The third-order valence-corrected chi connectivity index (χ3v) is 4.17. The number of rotatable bonds is 6. The first-order valence-electron chi connectivity index (χ1n) is 7.66. The molecule has 0 saturated heterocycles. The first-order chi connectivity index (χ1) is 11.1. The van der Waals surface area contributed by atoms with Gasteiger partial charge in [0, 0.05) is 5.69 Å². The van der Waals surface area contributed by atoms with Crippen molar-refractivity contribution in [1.82, 2.24) is 15.1 Å². The van der Waals surface area contributed by atoms with Crippen LogP contribution in [-0.4, -0.2) is 32.8 Å². The van der Waals surface area contributed by atoms with Crippen molar-refractivity contribution in [2.45, 2.75) is 32.4 Å². The van der Waals surface area contributed by atoms with Crippen molar-refractivity contribution in [3.63, 3.8) is 0 Å². The SMILES string of the molecule is Cc1c(C(=O)NC(C(=O)O)C2CC2)cnn1Cc1ccccc1. The van der Waals surface area contributed by atoms with E-state index < -0.39 is 12.0 Å². The zero-order chi connectivity index (χ0) is 16.4. The molecule has 1 unspecified atom stereocenters. The molecule has 1 aliphatic carbocycles. The Labute approximate surface area is 134 Å². The number of benzene rings is 1. The number of aromatic nitrogens is 2. The van der Waals surface area contributed by atoms with Gasteiger partial charge >= 0.3 is 5.97 Å². The maximum absolute atomic E-state index is 12.4. The molecule has 1 heterocycles. The summed E-state index contributed by atoms with van der Waals surface area (Å²) in [5.74, 6) is -1.30. The molecule has 1 atom stereocenters. The monoisotopic (exact) mass is 313 g/mol. The molecule has 6 heteroatoms. The smallest absolute Gasteiger partial charge is 0.326 e. The van der Waals surface area contributed by atoms with E-state index in [0.717, 1.165) is 24.1 Å². The van der Waals surface area contributed by atoms with Gasteiger partial charge in [-0.1, -0.05) is 30.3 Å². The minimum Gasteiger partial charge on any atom is -0.480 e. The second kappa shape index (κ2) is 6.24. The minimum atomic E-state index is -0.977. The van der Waals surface area contributed by atoms with Crippen LogP contribution in [0.3, 0.4) is 0 Å². The standard InChI is InChI=1S/C17H19N3O3/c1-11-14(16(21)19-15(17(22)23)13-7-8-13)9-18-20(11)10-12-5-3-2-4-6-12/h2-6,9,13,15H,7-8,10H2,1H3,(H,19,21)(H,22,23). The quantitative estimate of drug-likeness (QED) is 0.852. The van der Waals surface area contributed by atoms with Gasteiger partial charge in [-0.15, -0.1) is 0 Å². The summed E-state index contributed by atoms with van der Waals surface area (Å²) in [4.78, 5) is 23.6. The third-order valence-electron chi connectivity index (χ3n) is 4.17. The number of hydrogen-bond acceptors (Lipinski definition) is 3. The maximum Gasteiger partial charge on any atom is 0.326 e. The van der Waals surface area contributed by atoms with E-state index in [1.807, 2.05) is 37.3 Å². The number of aliphatic carboxylic acids is 1. The molecule has 1 aromatic heterocycles. The summed E-state index contributed by atoms with van der Waals surface area (Å²) in [5, 5.41) is 16.1. The Morgan fingerprint density at radius 3 is 2.65 bits per heavy atom. The molecule has 2 N–H and O–H groups in total. The molecule has 6 nitrogen and oxygen atoms in total. The van der Waals surface area contributed by atoms with Crippen LogP contribution in [0.1, 0.15) is 34.5 Å².